The van der Waals surface area contributed by atoms with Crippen molar-refractivity contribution in [1.82, 2.24) is 10.2 Å². The average molecular weight is 346 g/mol. The molecule has 0 aromatic carbocycles. The van der Waals surface area contributed by atoms with Crippen molar-refractivity contribution >= 4 is 24.2 Å². The second kappa shape index (κ2) is 10.1. The van der Waals surface area contributed by atoms with Crippen LogP contribution in [0.1, 0.15) is 64.7 Å². The van der Waals surface area contributed by atoms with Crippen LogP contribution in [-0.4, -0.2) is 41.9 Å². The highest BCUT2D eigenvalue weighted by Crippen LogP contribution is 2.26. The summed E-state index contributed by atoms with van der Waals surface area (Å²) in [7, 11) is 0. The third-order valence-corrected chi connectivity index (χ3v) is 5.11. The van der Waals surface area contributed by atoms with Crippen molar-refractivity contribution in [2.75, 3.05) is 13.1 Å². The zero-order valence-electron chi connectivity index (χ0n) is 14.3. The second-order valence-corrected chi connectivity index (χ2v) is 6.99. The Hall–Kier alpha value is -0.810. The van der Waals surface area contributed by atoms with Crippen molar-refractivity contribution in [3.05, 3.63) is 0 Å². The minimum Gasteiger partial charge on any atom is -0.347 e. The number of carbonyl (C=O) groups excluding carboxylic acids is 2. The molecule has 2 atom stereocenters. The van der Waals surface area contributed by atoms with Crippen LogP contribution in [-0.2, 0) is 9.59 Å². The minimum atomic E-state index is -0.0119. The third-order valence-electron chi connectivity index (χ3n) is 5.11. The van der Waals surface area contributed by atoms with E-state index in [9.17, 15) is 9.59 Å². The van der Waals surface area contributed by atoms with Gasteiger partial charge in [-0.05, 0) is 44.9 Å². The summed E-state index contributed by atoms with van der Waals surface area (Å²) >= 11 is 0. The molecule has 5 nitrogen and oxygen atoms in total. The molecule has 2 fully saturated rings. The summed E-state index contributed by atoms with van der Waals surface area (Å²) in [6.07, 6.45) is 9.78. The van der Waals surface area contributed by atoms with E-state index in [2.05, 4.69) is 5.32 Å². The fraction of sp³-hybridized carbons (Fsp3) is 0.882. The first kappa shape index (κ1) is 20.2. The first-order valence-electron chi connectivity index (χ1n) is 8.89. The molecule has 0 aromatic heterocycles. The van der Waals surface area contributed by atoms with Gasteiger partial charge in [-0.25, -0.2) is 0 Å². The molecule has 6 heteroatoms. The van der Waals surface area contributed by atoms with Crippen molar-refractivity contribution in [1.29, 1.82) is 0 Å². The van der Waals surface area contributed by atoms with Gasteiger partial charge in [0.1, 0.15) is 0 Å². The highest BCUT2D eigenvalue weighted by molar-refractivity contribution is 5.85. The lowest BCUT2D eigenvalue weighted by Gasteiger charge is -2.38. The molecular formula is C17H32ClN3O2. The number of nitrogens with zero attached hydrogens (tertiary/aromatic N) is 1. The Morgan fingerprint density at radius 1 is 1.13 bits per heavy atom. The largest absolute Gasteiger partial charge is 0.347 e. The molecule has 0 spiro atoms. The molecule has 2 unspecified atom stereocenters. The van der Waals surface area contributed by atoms with Gasteiger partial charge in [-0.3, -0.25) is 9.59 Å². The molecule has 1 aliphatic heterocycles. The maximum Gasteiger partial charge on any atom is 0.242 e. The number of likely N-dealkylation sites (tertiary alicyclic amines) is 1. The summed E-state index contributed by atoms with van der Waals surface area (Å²) in [5, 5.41) is 2.82. The van der Waals surface area contributed by atoms with Gasteiger partial charge in [-0.2, -0.15) is 0 Å². The van der Waals surface area contributed by atoms with E-state index < -0.39 is 0 Å². The lowest BCUT2D eigenvalue weighted by atomic mass is 9.87. The normalized spacial score (nSPS) is 23.7. The maximum absolute atomic E-state index is 12.4. The number of rotatable bonds is 5. The first-order valence-corrected chi connectivity index (χ1v) is 8.89. The van der Waals surface area contributed by atoms with Crippen LogP contribution in [0.5, 0.6) is 0 Å². The van der Waals surface area contributed by atoms with Crippen LogP contribution in [0.15, 0.2) is 0 Å². The summed E-state index contributed by atoms with van der Waals surface area (Å²) in [4.78, 5) is 26.2. The van der Waals surface area contributed by atoms with Crippen LogP contribution in [0, 0.1) is 5.92 Å². The Morgan fingerprint density at radius 3 is 2.43 bits per heavy atom. The van der Waals surface area contributed by atoms with E-state index in [1.807, 2.05) is 11.8 Å². The lowest BCUT2D eigenvalue weighted by molar-refractivity contribution is -0.136. The number of amides is 2. The van der Waals surface area contributed by atoms with E-state index in [-0.39, 0.29) is 42.8 Å². The zero-order chi connectivity index (χ0) is 15.9. The number of halogens is 1. The first-order chi connectivity index (χ1) is 10.6. The molecule has 2 amide bonds. The Kier molecular flexibility index (Phi) is 8.92. The molecular weight excluding hydrogens is 314 g/mol. The van der Waals surface area contributed by atoms with Gasteiger partial charge < -0.3 is 16.0 Å². The van der Waals surface area contributed by atoms with Gasteiger partial charge in [0.25, 0.3) is 0 Å². The lowest BCUT2D eigenvalue weighted by Crippen LogP contribution is -2.54. The van der Waals surface area contributed by atoms with E-state index in [1.165, 1.54) is 19.3 Å². The summed E-state index contributed by atoms with van der Waals surface area (Å²) in [5.74, 6) is 0.546. The summed E-state index contributed by atoms with van der Waals surface area (Å²) in [6, 6.07) is 0.110. The quantitative estimate of drug-likeness (QED) is 0.802. The molecule has 1 heterocycles. The summed E-state index contributed by atoms with van der Waals surface area (Å²) in [6.45, 7) is 2.84. The van der Waals surface area contributed by atoms with Gasteiger partial charge >= 0.3 is 0 Å². The van der Waals surface area contributed by atoms with Crippen molar-refractivity contribution in [2.24, 2.45) is 11.7 Å². The van der Waals surface area contributed by atoms with Gasteiger partial charge in [0.05, 0.1) is 6.54 Å². The molecule has 134 valence electrons. The van der Waals surface area contributed by atoms with Crippen LogP contribution >= 0.6 is 12.4 Å². The van der Waals surface area contributed by atoms with Gasteiger partial charge in [-0.15, -0.1) is 12.4 Å². The third kappa shape index (κ3) is 6.30. The van der Waals surface area contributed by atoms with Crippen molar-refractivity contribution in [2.45, 2.75) is 76.8 Å². The van der Waals surface area contributed by atoms with Crippen LogP contribution in [0.3, 0.4) is 0 Å². The number of nitrogens with two attached hydrogens (primary N) is 1. The van der Waals surface area contributed by atoms with Crippen molar-refractivity contribution in [3.8, 4) is 0 Å². The standard InChI is InChI=1S/C17H31N3O2.ClH/c1-13(18)15-9-5-6-10-20(15)17(22)12-19-16(21)11-14-7-3-2-4-8-14;/h13-15H,2-12,18H2,1H3,(H,19,21);1H. The fourth-order valence-electron chi connectivity index (χ4n) is 3.82. The highest BCUT2D eigenvalue weighted by atomic mass is 35.5. The Balaban J connectivity index is 0.00000264. The predicted octanol–water partition coefficient (Wildman–Crippen LogP) is 2.22. The maximum atomic E-state index is 12.4. The van der Waals surface area contributed by atoms with E-state index in [4.69, 9.17) is 5.73 Å². The van der Waals surface area contributed by atoms with E-state index >= 15 is 0 Å². The molecule has 0 aromatic rings. The van der Waals surface area contributed by atoms with Crippen LogP contribution in [0.2, 0.25) is 0 Å². The van der Waals surface area contributed by atoms with Crippen LogP contribution < -0.4 is 11.1 Å². The molecule has 1 saturated heterocycles. The zero-order valence-corrected chi connectivity index (χ0v) is 15.1. The van der Waals surface area contributed by atoms with Crippen molar-refractivity contribution in [3.63, 3.8) is 0 Å². The number of hydrogen-bond donors (Lipinski definition) is 2. The van der Waals surface area contributed by atoms with Crippen LogP contribution in [0.4, 0.5) is 0 Å². The molecule has 1 aliphatic carbocycles. The number of nitrogens with one attached hydrogen (secondary N) is 1. The number of hydrogen-bond acceptors (Lipinski definition) is 3. The Morgan fingerprint density at radius 2 is 1.78 bits per heavy atom. The van der Waals surface area contributed by atoms with E-state index in [0.29, 0.717) is 12.3 Å². The molecule has 0 radical (unpaired) electrons. The van der Waals surface area contributed by atoms with Gasteiger partial charge in [0.2, 0.25) is 11.8 Å². The van der Waals surface area contributed by atoms with Gasteiger partial charge in [-0.1, -0.05) is 19.3 Å². The van der Waals surface area contributed by atoms with Gasteiger partial charge in [0, 0.05) is 25.0 Å². The number of carbonyl (C=O) groups is 2. The van der Waals surface area contributed by atoms with Crippen LogP contribution in [0.25, 0.3) is 0 Å². The summed E-state index contributed by atoms with van der Waals surface area (Å²) in [5.41, 5.74) is 5.99. The molecule has 3 N–H and O–H groups in total. The highest BCUT2D eigenvalue weighted by Gasteiger charge is 2.29. The summed E-state index contributed by atoms with van der Waals surface area (Å²) < 4.78 is 0. The smallest absolute Gasteiger partial charge is 0.242 e. The molecule has 2 rings (SSSR count). The Labute approximate surface area is 146 Å². The molecule has 23 heavy (non-hydrogen) atoms. The predicted molar refractivity (Wildman–Crippen MR) is 94.5 cm³/mol. The monoisotopic (exact) mass is 345 g/mol. The SMILES string of the molecule is CC(N)C1CCCCN1C(=O)CNC(=O)CC1CCCCC1.Cl. The van der Waals surface area contributed by atoms with Crippen molar-refractivity contribution < 1.29 is 9.59 Å². The average Bonchev–Trinajstić information content (AvgIpc) is 2.53. The van der Waals surface area contributed by atoms with E-state index in [0.717, 1.165) is 38.6 Å². The Bertz CT molecular complexity index is 384. The minimum absolute atomic E-state index is 0. The molecule has 2 aliphatic rings. The fourth-order valence-corrected chi connectivity index (χ4v) is 3.82. The second-order valence-electron chi connectivity index (χ2n) is 6.99. The molecule has 0 bridgehead atoms. The topological polar surface area (TPSA) is 75.4 Å². The van der Waals surface area contributed by atoms with E-state index in [1.54, 1.807) is 0 Å². The number of piperidine rings is 1. The molecule has 1 saturated carbocycles. The van der Waals surface area contributed by atoms with Gasteiger partial charge in [0.15, 0.2) is 0 Å².